The van der Waals surface area contributed by atoms with Gasteiger partial charge in [-0.1, -0.05) is 24.3 Å². The van der Waals surface area contributed by atoms with Crippen LogP contribution in [0.4, 0.5) is 0 Å². The highest BCUT2D eigenvalue weighted by molar-refractivity contribution is 7.90. The molecule has 2 aromatic heterocycles. The number of aromatic nitrogens is 2. The second kappa shape index (κ2) is 8.70. The van der Waals surface area contributed by atoms with E-state index in [2.05, 4.69) is 11.1 Å². The molecule has 0 bridgehead atoms. The van der Waals surface area contributed by atoms with Crippen molar-refractivity contribution in [1.29, 1.82) is 5.26 Å². The van der Waals surface area contributed by atoms with Crippen molar-refractivity contribution in [2.75, 3.05) is 13.2 Å². The molecule has 0 aliphatic carbocycles. The van der Waals surface area contributed by atoms with Crippen molar-refractivity contribution in [3.63, 3.8) is 0 Å². The zero-order valence-electron chi connectivity index (χ0n) is 17.7. The van der Waals surface area contributed by atoms with Gasteiger partial charge in [0.05, 0.1) is 23.7 Å². The van der Waals surface area contributed by atoms with Crippen molar-refractivity contribution in [2.24, 2.45) is 0 Å². The first kappa shape index (κ1) is 21.2. The predicted molar refractivity (Wildman–Crippen MR) is 123 cm³/mol. The van der Waals surface area contributed by atoms with Gasteiger partial charge >= 0.3 is 0 Å². The molecule has 3 heterocycles. The molecule has 0 radical (unpaired) electrons. The number of fused-ring (bicyclic) bond motifs is 1. The summed E-state index contributed by atoms with van der Waals surface area (Å²) >= 11 is 0. The van der Waals surface area contributed by atoms with Crippen LogP contribution in [0.15, 0.2) is 78.0 Å². The molecule has 7 nitrogen and oxygen atoms in total. The molecule has 0 unspecified atom stereocenters. The molecule has 0 atom stereocenters. The highest BCUT2D eigenvalue weighted by atomic mass is 32.2. The summed E-state index contributed by atoms with van der Waals surface area (Å²) in [6.07, 6.45) is 4.70. The minimum absolute atomic E-state index is 0.0128. The van der Waals surface area contributed by atoms with Gasteiger partial charge in [-0.25, -0.2) is 17.4 Å². The van der Waals surface area contributed by atoms with Crippen molar-refractivity contribution in [2.45, 2.75) is 23.8 Å². The summed E-state index contributed by atoms with van der Waals surface area (Å²) in [4.78, 5) is 4.52. The van der Waals surface area contributed by atoms with Gasteiger partial charge < -0.3 is 9.47 Å². The third-order valence-electron chi connectivity index (χ3n) is 5.70. The number of rotatable bonds is 5. The normalized spacial score (nSPS) is 14.8. The largest absolute Gasteiger partial charge is 0.489 e. The molecule has 166 valence electrons. The second-order valence-corrected chi connectivity index (χ2v) is 9.60. The molecular weight excluding hydrogens is 438 g/mol. The molecule has 0 saturated carbocycles. The summed E-state index contributed by atoms with van der Waals surface area (Å²) in [7, 11) is -3.84. The minimum Gasteiger partial charge on any atom is -0.489 e. The Hall–Kier alpha value is -3.67. The van der Waals surface area contributed by atoms with E-state index in [1.807, 2.05) is 12.1 Å². The van der Waals surface area contributed by atoms with Crippen LogP contribution >= 0.6 is 0 Å². The molecule has 1 fully saturated rings. The standard InChI is InChI=1S/C25H21N3O4S/c26-16-19-15-18(8-9-24(19)32-20-10-13-31-14-11-20)23-17-28(25-22(23)7-4-12-27-25)33(29,30)21-5-2-1-3-6-21/h1-9,12,15,17,20H,10-11,13-14H2. The van der Waals surface area contributed by atoms with Gasteiger partial charge in [0, 0.05) is 36.2 Å². The molecule has 2 aromatic carbocycles. The average Bonchev–Trinajstić information content (AvgIpc) is 3.26. The van der Waals surface area contributed by atoms with E-state index >= 15 is 0 Å². The fraction of sp³-hybridized carbons (Fsp3) is 0.200. The molecule has 0 spiro atoms. The van der Waals surface area contributed by atoms with Crippen molar-refractivity contribution in [3.05, 3.63) is 78.6 Å². The lowest BCUT2D eigenvalue weighted by Crippen LogP contribution is -2.26. The number of hydrogen-bond donors (Lipinski definition) is 0. The molecule has 0 amide bonds. The number of hydrogen-bond acceptors (Lipinski definition) is 6. The maximum Gasteiger partial charge on any atom is 0.269 e. The van der Waals surface area contributed by atoms with Gasteiger partial charge in [0.15, 0.2) is 5.65 Å². The van der Waals surface area contributed by atoms with Gasteiger partial charge in [0.25, 0.3) is 10.0 Å². The fourth-order valence-electron chi connectivity index (χ4n) is 4.01. The second-order valence-electron chi connectivity index (χ2n) is 7.78. The summed E-state index contributed by atoms with van der Waals surface area (Å²) in [6.45, 7) is 1.29. The van der Waals surface area contributed by atoms with Crippen LogP contribution in [0, 0.1) is 11.3 Å². The van der Waals surface area contributed by atoms with Crippen molar-refractivity contribution < 1.29 is 17.9 Å². The number of benzene rings is 2. The van der Waals surface area contributed by atoms with Crippen LogP contribution in [-0.2, 0) is 14.8 Å². The maximum absolute atomic E-state index is 13.3. The fourth-order valence-corrected chi connectivity index (χ4v) is 5.36. The summed E-state index contributed by atoms with van der Waals surface area (Å²) in [5, 5.41) is 10.4. The molecular formula is C25H21N3O4S. The van der Waals surface area contributed by atoms with E-state index < -0.39 is 10.0 Å². The Morgan fingerprint density at radius 1 is 1.06 bits per heavy atom. The van der Waals surface area contributed by atoms with E-state index in [1.54, 1.807) is 60.9 Å². The van der Waals surface area contributed by atoms with Crippen LogP contribution in [0.5, 0.6) is 5.75 Å². The van der Waals surface area contributed by atoms with Crippen LogP contribution in [0.25, 0.3) is 22.2 Å². The van der Waals surface area contributed by atoms with E-state index in [0.717, 1.165) is 12.8 Å². The van der Waals surface area contributed by atoms with Crippen LogP contribution in [-0.4, -0.2) is 36.7 Å². The van der Waals surface area contributed by atoms with E-state index in [9.17, 15) is 13.7 Å². The smallest absolute Gasteiger partial charge is 0.269 e. The Bertz CT molecular complexity index is 1450. The zero-order valence-corrected chi connectivity index (χ0v) is 18.5. The number of pyridine rings is 1. The summed E-state index contributed by atoms with van der Waals surface area (Å²) in [5.74, 6) is 0.520. The number of nitrogens with zero attached hydrogens (tertiary/aromatic N) is 3. The Labute approximate surface area is 191 Å². The first-order valence-electron chi connectivity index (χ1n) is 10.6. The van der Waals surface area contributed by atoms with Gasteiger partial charge in [-0.3, -0.25) is 0 Å². The van der Waals surface area contributed by atoms with Gasteiger partial charge in [-0.05, 0) is 42.0 Å². The highest BCUT2D eigenvalue weighted by Gasteiger charge is 2.23. The number of ether oxygens (including phenoxy) is 2. The Morgan fingerprint density at radius 3 is 2.61 bits per heavy atom. The summed E-state index contributed by atoms with van der Waals surface area (Å²) in [5.41, 5.74) is 2.12. The van der Waals surface area contributed by atoms with Gasteiger partial charge in [-0.2, -0.15) is 5.26 Å². The van der Waals surface area contributed by atoms with Gasteiger partial charge in [0.2, 0.25) is 0 Å². The summed E-state index contributed by atoms with van der Waals surface area (Å²) in [6, 6.07) is 19.4. The zero-order chi connectivity index (χ0) is 22.8. The highest BCUT2D eigenvalue weighted by Crippen LogP contribution is 2.34. The quantitative estimate of drug-likeness (QED) is 0.440. The molecule has 4 aromatic rings. The molecule has 5 rings (SSSR count). The van der Waals surface area contributed by atoms with E-state index in [-0.39, 0.29) is 11.0 Å². The Balaban J connectivity index is 1.59. The minimum atomic E-state index is -3.84. The summed E-state index contributed by atoms with van der Waals surface area (Å²) < 4.78 is 39.3. The maximum atomic E-state index is 13.3. The molecule has 1 aliphatic heterocycles. The first-order valence-corrected chi connectivity index (χ1v) is 12.1. The third kappa shape index (κ3) is 3.97. The third-order valence-corrected chi connectivity index (χ3v) is 7.37. The van der Waals surface area contributed by atoms with Crippen molar-refractivity contribution in [3.8, 4) is 22.9 Å². The van der Waals surface area contributed by atoms with Gasteiger partial charge in [-0.15, -0.1) is 0 Å². The van der Waals surface area contributed by atoms with E-state index in [1.165, 1.54) is 3.97 Å². The van der Waals surface area contributed by atoms with Crippen LogP contribution < -0.4 is 4.74 Å². The molecule has 1 aliphatic rings. The number of nitriles is 1. The predicted octanol–water partition coefficient (Wildman–Crippen LogP) is 4.37. The van der Waals surface area contributed by atoms with Crippen LogP contribution in [0.3, 0.4) is 0 Å². The van der Waals surface area contributed by atoms with Gasteiger partial charge in [0.1, 0.15) is 17.9 Å². The lowest BCUT2D eigenvalue weighted by atomic mass is 10.0. The SMILES string of the molecule is N#Cc1cc(-c2cn(S(=O)(=O)c3ccccc3)c3ncccc23)ccc1OC1CCOCC1. The monoisotopic (exact) mass is 459 g/mol. The topological polar surface area (TPSA) is 94.2 Å². The van der Waals surface area contributed by atoms with Crippen molar-refractivity contribution >= 4 is 21.1 Å². The van der Waals surface area contributed by atoms with Crippen LogP contribution in [0.2, 0.25) is 0 Å². The molecule has 0 N–H and O–H groups in total. The lowest BCUT2D eigenvalue weighted by Gasteiger charge is -2.23. The average molecular weight is 460 g/mol. The Kier molecular flexibility index (Phi) is 5.58. The lowest BCUT2D eigenvalue weighted by molar-refractivity contribution is 0.0254. The van der Waals surface area contributed by atoms with Crippen molar-refractivity contribution in [1.82, 2.24) is 8.96 Å². The molecule has 1 saturated heterocycles. The van der Waals surface area contributed by atoms with E-state index in [4.69, 9.17) is 9.47 Å². The first-order chi connectivity index (χ1) is 16.1. The molecule has 33 heavy (non-hydrogen) atoms. The Morgan fingerprint density at radius 2 is 1.85 bits per heavy atom. The van der Waals surface area contributed by atoms with Crippen LogP contribution in [0.1, 0.15) is 18.4 Å². The molecule has 8 heteroatoms. The van der Waals surface area contributed by atoms with E-state index in [0.29, 0.717) is 46.7 Å².